The van der Waals surface area contributed by atoms with Crippen LogP contribution in [0.25, 0.3) is 10.9 Å². The van der Waals surface area contributed by atoms with Crippen LogP contribution in [0.5, 0.6) is 0 Å². The lowest BCUT2D eigenvalue weighted by Crippen LogP contribution is -2.52. The molecular formula is C22H28N6O. The summed E-state index contributed by atoms with van der Waals surface area (Å²) in [6, 6.07) is 4.94. The summed E-state index contributed by atoms with van der Waals surface area (Å²) in [4.78, 5) is 17.6. The standard InChI is InChI=1S/C22H28N6O/c1-26(2)21-24-11-16(12-25-21)14-28-18-3-4-19(28)10-22(29,9-18)15-27-8-6-17-5-7-23-13-20(17)27/h5-8,11-13,18-19,29H,3-4,9-10,14-15H2,1-2H3. The van der Waals surface area contributed by atoms with Crippen LogP contribution in [0.15, 0.2) is 43.1 Å². The first-order chi connectivity index (χ1) is 14.0. The zero-order valence-corrected chi connectivity index (χ0v) is 17.1. The summed E-state index contributed by atoms with van der Waals surface area (Å²) >= 11 is 0. The molecule has 152 valence electrons. The fourth-order valence-electron chi connectivity index (χ4n) is 5.16. The van der Waals surface area contributed by atoms with E-state index in [1.165, 1.54) is 5.39 Å². The highest BCUT2D eigenvalue weighted by molar-refractivity contribution is 5.78. The van der Waals surface area contributed by atoms with Crippen molar-refractivity contribution < 1.29 is 5.11 Å². The average Bonchev–Trinajstić information content (AvgIpc) is 3.21. The number of anilines is 1. The van der Waals surface area contributed by atoms with Gasteiger partial charge in [-0.05, 0) is 37.8 Å². The lowest BCUT2D eigenvalue weighted by Gasteiger charge is -2.44. The second-order valence-electron chi connectivity index (χ2n) is 8.85. The highest BCUT2D eigenvalue weighted by Crippen LogP contribution is 2.42. The molecule has 2 aliphatic heterocycles. The summed E-state index contributed by atoms with van der Waals surface area (Å²) in [6.45, 7) is 1.49. The van der Waals surface area contributed by atoms with Crippen LogP contribution in [0.3, 0.4) is 0 Å². The molecule has 0 aliphatic carbocycles. The van der Waals surface area contributed by atoms with Crippen LogP contribution in [0.4, 0.5) is 5.95 Å². The van der Waals surface area contributed by atoms with E-state index in [9.17, 15) is 5.11 Å². The normalized spacial score (nSPS) is 26.9. The molecule has 2 bridgehead atoms. The number of hydrogen-bond acceptors (Lipinski definition) is 6. The van der Waals surface area contributed by atoms with Crippen LogP contribution < -0.4 is 4.90 Å². The number of fused-ring (bicyclic) bond motifs is 3. The number of piperidine rings is 1. The van der Waals surface area contributed by atoms with E-state index >= 15 is 0 Å². The maximum atomic E-state index is 11.5. The van der Waals surface area contributed by atoms with E-state index in [2.05, 4.69) is 36.7 Å². The molecule has 2 atom stereocenters. The average molecular weight is 393 g/mol. The van der Waals surface area contributed by atoms with E-state index in [1.807, 2.05) is 49.8 Å². The monoisotopic (exact) mass is 392 g/mol. The quantitative estimate of drug-likeness (QED) is 0.719. The van der Waals surface area contributed by atoms with Crippen LogP contribution in [0.2, 0.25) is 0 Å². The molecule has 3 aromatic rings. The van der Waals surface area contributed by atoms with E-state index in [0.717, 1.165) is 49.3 Å². The first-order valence-corrected chi connectivity index (χ1v) is 10.4. The van der Waals surface area contributed by atoms with Crippen LogP contribution in [0.1, 0.15) is 31.2 Å². The van der Waals surface area contributed by atoms with Gasteiger partial charge in [0, 0.05) is 68.5 Å². The van der Waals surface area contributed by atoms with Crippen LogP contribution in [-0.2, 0) is 13.1 Å². The fraction of sp³-hybridized carbons (Fsp3) is 0.500. The third-order valence-electron chi connectivity index (χ3n) is 6.50. The Hall–Kier alpha value is -2.51. The molecule has 1 N–H and O–H groups in total. The van der Waals surface area contributed by atoms with E-state index in [0.29, 0.717) is 18.6 Å². The van der Waals surface area contributed by atoms with Crippen molar-refractivity contribution >= 4 is 16.9 Å². The molecule has 2 saturated heterocycles. The summed E-state index contributed by atoms with van der Waals surface area (Å²) in [7, 11) is 3.90. The molecule has 0 amide bonds. The minimum absolute atomic E-state index is 0.409. The Kier molecular flexibility index (Phi) is 4.52. The van der Waals surface area contributed by atoms with Gasteiger partial charge in [-0.25, -0.2) is 9.97 Å². The first-order valence-electron chi connectivity index (χ1n) is 10.4. The molecule has 7 heteroatoms. The molecule has 3 aromatic heterocycles. The summed E-state index contributed by atoms with van der Waals surface area (Å²) in [5, 5.41) is 12.6. The fourth-order valence-corrected chi connectivity index (χ4v) is 5.16. The van der Waals surface area contributed by atoms with E-state index < -0.39 is 5.60 Å². The maximum absolute atomic E-state index is 11.5. The molecule has 2 fully saturated rings. The third kappa shape index (κ3) is 3.49. The van der Waals surface area contributed by atoms with Crippen molar-refractivity contribution in [2.75, 3.05) is 19.0 Å². The van der Waals surface area contributed by atoms with E-state index in [4.69, 9.17) is 0 Å². The minimum atomic E-state index is -0.671. The first kappa shape index (κ1) is 18.5. The van der Waals surface area contributed by atoms with Crippen molar-refractivity contribution in [1.29, 1.82) is 0 Å². The van der Waals surface area contributed by atoms with Gasteiger partial charge in [0.05, 0.1) is 23.9 Å². The number of hydrogen-bond donors (Lipinski definition) is 1. The van der Waals surface area contributed by atoms with Crippen LogP contribution >= 0.6 is 0 Å². The predicted octanol–water partition coefficient (Wildman–Crippen LogP) is 2.45. The Bertz CT molecular complexity index is 984. The molecule has 0 aromatic carbocycles. The molecule has 5 rings (SSSR count). The highest BCUT2D eigenvalue weighted by atomic mass is 16.3. The zero-order valence-electron chi connectivity index (χ0n) is 17.1. The predicted molar refractivity (Wildman–Crippen MR) is 113 cm³/mol. The summed E-state index contributed by atoms with van der Waals surface area (Å²) in [5.41, 5.74) is 1.56. The van der Waals surface area contributed by atoms with Crippen molar-refractivity contribution in [1.82, 2.24) is 24.4 Å². The van der Waals surface area contributed by atoms with Gasteiger partial charge in [0.2, 0.25) is 5.95 Å². The largest absolute Gasteiger partial charge is 0.388 e. The van der Waals surface area contributed by atoms with Gasteiger partial charge in [0.1, 0.15) is 0 Å². The molecular weight excluding hydrogens is 364 g/mol. The molecule has 0 radical (unpaired) electrons. The molecule has 0 saturated carbocycles. The number of pyridine rings is 1. The summed E-state index contributed by atoms with van der Waals surface area (Å²) in [5.74, 6) is 0.734. The Morgan fingerprint density at radius 1 is 1.10 bits per heavy atom. The Balaban J connectivity index is 1.30. The zero-order chi connectivity index (χ0) is 20.0. The van der Waals surface area contributed by atoms with Gasteiger partial charge in [0.25, 0.3) is 0 Å². The van der Waals surface area contributed by atoms with Crippen LogP contribution in [0, 0.1) is 0 Å². The maximum Gasteiger partial charge on any atom is 0.224 e. The smallest absolute Gasteiger partial charge is 0.224 e. The number of nitrogens with zero attached hydrogens (tertiary/aromatic N) is 6. The molecule has 29 heavy (non-hydrogen) atoms. The van der Waals surface area contributed by atoms with Gasteiger partial charge in [-0.3, -0.25) is 9.88 Å². The lowest BCUT2D eigenvalue weighted by atomic mass is 9.85. The Morgan fingerprint density at radius 2 is 1.83 bits per heavy atom. The Morgan fingerprint density at radius 3 is 2.52 bits per heavy atom. The van der Waals surface area contributed by atoms with E-state index in [-0.39, 0.29) is 0 Å². The summed E-state index contributed by atoms with van der Waals surface area (Å²) in [6.07, 6.45) is 13.6. The Labute approximate surface area is 171 Å². The molecule has 2 unspecified atom stereocenters. The summed E-state index contributed by atoms with van der Waals surface area (Å²) < 4.78 is 2.16. The molecule has 2 aliphatic rings. The minimum Gasteiger partial charge on any atom is -0.388 e. The molecule has 5 heterocycles. The number of aromatic nitrogens is 4. The lowest BCUT2D eigenvalue weighted by molar-refractivity contribution is -0.0644. The van der Waals surface area contributed by atoms with Crippen LogP contribution in [-0.4, -0.2) is 61.3 Å². The van der Waals surface area contributed by atoms with Crippen molar-refractivity contribution in [3.8, 4) is 0 Å². The number of rotatable bonds is 5. The topological polar surface area (TPSA) is 70.3 Å². The van der Waals surface area contributed by atoms with Crippen molar-refractivity contribution in [3.63, 3.8) is 0 Å². The highest BCUT2D eigenvalue weighted by Gasteiger charge is 2.47. The molecule has 0 spiro atoms. The van der Waals surface area contributed by atoms with E-state index in [1.54, 1.807) is 0 Å². The van der Waals surface area contributed by atoms with Gasteiger partial charge < -0.3 is 14.6 Å². The van der Waals surface area contributed by atoms with Gasteiger partial charge in [-0.1, -0.05) is 0 Å². The third-order valence-corrected chi connectivity index (χ3v) is 6.50. The van der Waals surface area contributed by atoms with Crippen molar-refractivity contribution in [3.05, 3.63) is 48.7 Å². The molecule has 7 nitrogen and oxygen atoms in total. The van der Waals surface area contributed by atoms with Gasteiger partial charge >= 0.3 is 0 Å². The van der Waals surface area contributed by atoms with Gasteiger partial charge in [-0.2, -0.15) is 0 Å². The number of aliphatic hydroxyl groups is 1. The second kappa shape index (κ2) is 7.07. The second-order valence-corrected chi connectivity index (χ2v) is 8.85. The SMILES string of the molecule is CN(C)c1ncc(CN2C3CCC2CC(O)(Cn2ccc4ccncc42)C3)cn1. The van der Waals surface area contributed by atoms with Gasteiger partial charge in [0.15, 0.2) is 0 Å². The van der Waals surface area contributed by atoms with Gasteiger partial charge in [-0.15, -0.1) is 0 Å². The van der Waals surface area contributed by atoms with Crippen molar-refractivity contribution in [2.24, 2.45) is 0 Å². The van der Waals surface area contributed by atoms with Crippen molar-refractivity contribution in [2.45, 2.75) is 56.5 Å².